The van der Waals surface area contributed by atoms with Crippen LogP contribution in [0.25, 0.3) is 0 Å². The van der Waals surface area contributed by atoms with Crippen LogP contribution in [0.4, 0.5) is 0 Å². The Morgan fingerprint density at radius 2 is 1.91 bits per heavy atom. The molecular formula is C26H28N4O4S. The van der Waals surface area contributed by atoms with Crippen LogP contribution in [-0.2, 0) is 25.6 Å². The van der Waals surface area contributed by atoms with E-state index in [0.717, 1.165) is 27.7 Å². The van der Waals surface area contributed by atoms with Gasteiger partial charge < -0.3 is 19.7 Å². The van der Waals surface area contributed by atoms with Crippen LogP contribution in [0.2, 0.25) is 0 Å². The third-order valence-electron chi connectivity index (χ3n) is 5.67. The molecule has 0 saturated heterocycles. The van der Waals surface area contributed by atoms with E-state index in [2.05, 4.69) is 15.3 Å². The van der Waals surface area contributed by atoms with Gasteiger partial charge in [0.1, 0.15) is 6.61 Å². The van der Waals surface area contributed by atoms with Crippen molar-refractivity contribution in [3.05, 3.63) is 87.9 Å². The average molecular weight is 493 g/mol. The number of hydrogen-bond donors (Lipinski definition) is 1. The summed E-state index contributed by atoms with van der Waals surface area (Å²) in [6.07, 6.45) is 1.84. The van der Waals surface area contributed by atoms with E-state index in [1.54, 1.807) is 13.3 Å². The Morgan fingerprint density at radius 3 is 2.63 bits per heavy atom. The first-order chi connectivity index (χ1) is 17.0. The maximum atomic E-state index is 13.2. The van der Waals surface area contributed by atoms with E-state index < -0.39 is 12.0 Å². The third kappa shape index (κ3) is 5.80. The van der Waals surface area contributed by atoms with Crippen LogP contribution in [0.1, 0.15) is 36.2 Å². The summed E-state index contributed by atoms with van der Waals surface area (Å²) in [7, 11) is 1.56. The summed E-state index contributed by atoms with van der Waals surface area (Å²) in [6, 6.07) is 13.1. The van der Waals surface area contributed by atoms with E-state index >= 15 is 0 Å². The number of rotatable bonds is 9. The molecule has 8 nitrogen and oxygen atoms in total. The maximum Gasteiger partial charge on any atom is 0.338 e. The lowest BCUT2D eigenvalue weighted by Gasteiger charge is -2.36. The number of thioether (sulfide) groups is 1. The van der Waals surface area contributed by atoms with Crippen molar-refractivity contribution in [3.8, 4) is 0 Å². The number of allylic oxidation sites excluding steroid dienone is 1. The Hall–Kier alpha value is -3.43. The maximum absolute atomic E-state index is 13.2. The number of nitrogens with zero attached hydrogens (tertiary/aromatic N) is 3. The predicted octanol–water partition coefficient (Wildman–Crippen LogP) is 3.86. The minimum atomic E-state index is -0.456. The van der Waals surface area contributed by atoms with Crippen LogP contribution in [0, 0.1) is 6.92 Å². The molecule has 2 aromatic rings. The molecular weight excluding hydrogens is 464 g/mol. The fraction of sp³-hybridized carbons (Fsp3) is 0.308. The monoisotopic (exact) mass is 492 g/mol. The smallest absolute Gasteiger partial charge is 0.338 e. The lowest BCUT2D eigenvalue weighted by Crippen LogP contribution is -2.38. The van der Waals surface area contributed by atoms with Crippen LogP contribution < -0.4 is 5.32 Å². The molecule has 0 fully saturated rings. The molecule has 9 heteroatoms. The van der Waals surface area contributed by atoms with E-state index in [1.807, 2.05) is 66.6 Å². The highest BCUT2D eigenvalue weighted by molar-refractivity contribution is 8.16. The van der Waals surface area contributed by atoms with E-state index in [1.165, 1.54) is 11.8 Å². The van der Waals surface area contributed by atoms with Gasteiger partial charge in [-0.2, -0.15) is 0 Å². The highest BCUT2D eigenvalue weighted by atomic mass is 32.2. The number of aromatic nitrogens is 1. The number of ether oxygens (including phenoxy) is 2. The van der Waals surface area contributed by atoms with Gasteiger partial charge in [-0.3, -0.25) is 9.78 Å². The third-order valence-corrected chi connectivity index (χ3v) is 6.56. The zero-order chi connectivity index (χ0) is 24.8. The van der Waals surface area contributed by atoms with Crippen molar-refractivity contribution < 1.29 is 19.1 Å². The Labute approximate surface area is 209 Å². The van der Waals surface area contributed by atoms with Crippen molar-refractivity contribution in [1.82, 2.24) is 15.2 Å². The molecule has 1 amide bonds. The van der Waals surface area contributed by atoms with Crippen molar-refractivity contribution in [2.75, 3.05) is 20.3 Å². The Kier molecular flexibility index (Phi) is 7.99. The van der Waals surface area contributed by atoms with Crippen LogP contribution >= 0.6 is 11.8 Å². The molecule has 0 aliphatic carbocycles. The normalized spacial score (nSPS) is 17.0. The van der Waals surface area contributed by atoms with Gasteiger partial charge in [0, 0.05) is 19.0 Å². The Balaban J connectivity index is 1.59. The van der Waals surface area contributed by atoms with Gasteiger partial charge >= 0.3 is 5.97 Å². The highest BCUT2D eigenvalue weighted by Crippen LogP contribution is 2.44. The van der Waals surface area contributed by atoms with Gasteiger partial charge in [0.25, 0.3) is 0 Å². The van der Waals surface area contributed by atoms with Crippen LogP contribution in [-0.4, -0.2) is 47.3 Å². The second-order valence-corrected chi connectivity index (χ2v) is 9.04. The number of carbonyl (C=O) groups is 2. The van der Waals surface area contributed by atoms with Gasteiger partial charge in [0.15, 0.2) is 5.17 Å². The summed E-state index contributed by atoms with van der Waals surface area (Å²) in [5, 5.41) is 5.58. The van der Waals surface area contributed by atoms with Gasteiger partial charge in [-0.25, -0.2) is 9.79 Å². The minimum absolute atomic E-state index is 0.137. The summed E-state index contributed by atoms with van der Waals surface area (Å²) >= 11 is 1.45. The molecule has 2 aliphatic heterocycles. The van der Waals surface area contributed by atoms with Gasteiger partial charge in [0.2, 0.25) is 5.91 Å². The summed E-state index contributed by atoms with van der Waals surface area (Å²) in [6.45, 7) is 4.64. The second kappa shape index (κ2) is 11.3. The first kappa shape index (κ1) is 24.7. The number of aryl methyl sites for hydroxylation is 1. The lowest BCUT2D eigenvalue weighted by molar-refractivity contribution is -0.141. The largest absolute Gasteiger partial charge is 0.460 e. The summed E-state index contributed by atoms with van der Waals surface area (Å²) in [4.78, 5) is 36.9. The van der Waals surface area contributed by atoms with E-state index in [-0.39, 0.29) is 18.9 Å². The molecule has 0 spiro atoms. The van der Waals surface area contributed by atoms with E-state index in [4.69, 9.17) is 9.47 Å². The molecule has 35 heavy (non-hydrogen) atoms. The molecule has 0 radical (unpaired) electrons. The van der Waals surface area contributed by atoms with Crippen molar-refractivity contribution in [3.63, 3.8) is 0 Å². The number of methoxy groups -OCH3 is 1. The Bertz CT molecular complexity index is 1180. The molecule has 1 atom stereocenters. The van der Waals surface area contributed by atoms with Crippen molar-refractivity contribution in [2.24, 2.45) is 4.99 Å². The molecule has 3 heterocycles. The number of benzene rings is 1. The minimum Gasteiger partial charge on any atom is -0.460 e. The fourth-order valence-electron chi connectivity index (χ4n) is 3.91. The van der Waals surface area contributed by atoms with Crippen molar-refractivity contribution in [2.45, 2.75) is 32.9 Å². The summed E-state index contributed by atoms with van der Waals surface area (Å²) < 4.78 is 10.5. The second-order valence-electron chi connectivity index (χ2n) is 8.21. The van der Waals surface area contributed by atoms with Crippen LogP contribution in [0.5, 0.6) is 0 Å². The molecule has 1 aromatic heterocycles. The van der Waals surface area contributed by atoms with Gasteiger partial charge in [-0.1, -0.05) is 47.7 Å². The van der Waals surface area contributed by atoms with E-state index in [9.17, 15) is 9.59 Å². The molecule has 2 aliphatic rings. The molecule has 1 unspecified atom stereocenters. The topological polar surface area (TPSA) is 93.1 Å². The van der Waals surface area contributed by atoms with Crippen LogP contribution in [0.3, 0.4) is 0 Å². The number of amides is 1. The quantitative estimate of drug-likeness (QED) is 0.420. The number of esters is 1. The lowest BCUT2D eigenvalue weighted by atomic mass is 9.93. The van der Waals surface area contributed by atoms with Crippen LogP contribution in [0.15, 0.2) is 76.0 Å². The predicted molar refractivity (Wildman–Crippen MR) is 135 cm³/mol. The number of fused-ring (bicyclic) bond motifs is 1. The number of nitrogens with one attached hydrogen (secondary N) is 1. The molecule has 0 saturated carbocycles. The summed E-state index contributed by atoms with van der Waals surface area (Å²) in [5.41, 5.74) is 4.65. The zero-order valence-corrected chi connectivity index (χ0v) is 20.8. The highest BCUT2D eigenvalue weighted by Gasteiger charge is 2.41. The average Bonchev–Trinajstić information content (AvgIpc) is 3.25. The van der Waals surface area contributed by atoms with Gasteiger partial charge in [-0.15, -0.1) is 0 Å². The van der Waals surface area contributed by atoms with Gasteiger partial charge in [-0.05, 0) is 37.0 Å². The van der Waals surface area contributed by atoms with Gasteiger partial charge in [0.05, 0.1) is 42.6 Å². The zero-order valence-electron chi connectivity index (χ0n) is 20.0. The summed E-state index contributed by atoms with van der Waals surface area (Å²) in [5.74, 6) is -0.578. The fourth-order valence-corrected chi connectivity index (χ4v) is 4.87. The molecule has 0 bridgehead atoms. The molecule has 4 rings (SSSR count). The number of pyridine rings is 1. The molecule has 1 aromatic carbocycles. The SMILES string of the molecule is COCCOC(=O)C1=C(C)N=C2SC=C(CC(=O)NCc3ccccn3)N2C1c1ccc(C)cc1. The molecule has 1 N–H and O–H groups in total. The van der Waals surface area contributed by atoms with Crippen molar-refractivity contribution >= 4 is 28.8 Å². The standard InChI is InChI=1S/C26H28N4O4S/c1-17-7-9-19(10-8-17)24-23(25(32)34-13-12-33-3)18(2)29-26-30(24)21(16-35-26)14-22(31)28-15-20-6-4-5-11-27-20/h4-11,16,24H,12-15H2,1-3H3,(H,28,31). The first-order valence-corrected chi connectivity index (χ1v) is 12.2. The number of aliphatic imine (C=N–C) groups is 1. The van der Waals surface area contributed by atoms with E-state index in [0.29, 0.717) is 24.4 Å². The van der Waals surface area contributed by atoms with Crippen molar-refractivity contribution in [1.29, 1.82) is 0 Å². The number of carbonyl (C=O) groups excluding carboxylic acids is 2. The number of amidine groups is 1. The Morgan fingerprint density at radius 1 is 1.11 bits per heavy atom. The molecule has 182 valence electrons. The number of hydrogen-bond acceptors (Lipinski definition) is 8. The first-order valence-electron chi connectivity index (χ1n) is 11.3.